The number of hydrogen-bond acceptors (Lipinski definition) is 4. The van der Waals surface area contributed by atoms with Gasteiger partial charge in [-0.1, -0.05) is 0 Å². The van der Waals surface area contributed by atoms with Gasteiger partial charge in [0.1, 0.15) is 18.2 Å². The fourth-order valence-electron chi connectivity index (χ4n) is 0.878. The number of methoxy groups -OCH3 is 1. The zero-order valence-corrected chi connectivity index (χ0v) is 7.96. The second-order valence-corrected chi connectivity index (χ2v) is 2.89. The highest BCUT2D eigenvalue weighted by atomic mass is 16.5. The van der Waals surface area contributed by atoms with E-state index in [0.717, 1.165) is 0 Å². The van der Waals surface area contributed by atoms with Crippen molar-refractivity contribution in [2.45, 2.75) is 26.2 Å². The normalized spacial score (nSPS) is 9.69. The van der Waals surface area contributed by atoms with Gasteiger partial charge in [0, 0.05) is 20.0 Å². The van der Waals surface area contributed by atoms with Gasteiger partial charge >= 0.3 is 0 Å². The summed E-state index contributed by atoms with van der Waals surface area (Å²) in [5.41, 5.74) is 0. The van der Waals surface area contributed by atoms with E-state index in [1.165, 1.54) is 14.0 Å². The van der Waals surface area contributed by atoms with Gasteiger partial charge in [-0.05, 0) is 6.92 Å². The van der Waals surface area contributed by atoms with E-state index in [-0.39, 0.29) is 43.2 Å². The van der Waals surface area contributed by atoms with Gasteiger partial charge in [0.2, 0.25) is 0 Å². The van der Waals surface area contributed by atoms with Gasteiger partial charge in [0.05, 0.1) is 6.42 Å². The molecule has 0 aromatic heterocycles. The Bertz CT molecular complexity index is 208. The minimum absolute atomic E-state index is 0.0351. The summed E-state index contributed by atoms with van der Waals surface area (Å²) in [5.74, 6) is -0.458. The zero-order chi connectivity index (χ0) is 10.3. The van der Waals surface area contributed by atoms with Crippen LogP contribution in [0.2, 0.25) is 0 Å². The third-order valence-electron chi connectivity index (χ3n) is 1.43. The van der Waals surface area contributed by atoms with E-state index in [2.05, 4.69) is 4.74 Å². The maximum absolute atomic E-state index is 10.9. The second kappa shape index (κ2) is 6.48. The predicted molar refractivity (Wildman–Crippen MR) is 46.4 cm³/mol. The molecule has 0 radical (unpaired) electrons. The molecule has 0 aliphatic carbocycles. The van der Waals surface area contributed by atoms with Gasteiger partial charge in [-0.3, -0.25) is 14.4 Å². The highest BCUT2D eigenvalue weighted by Crippen LogP contribution is 1.97. The summed E-state index contributed by atoms with van der Waals surface area (Å²) in [6.45, 7) is 1.39. The summed E-state index contributed by atoms with van der Waals surface area (Å²) in [5, 5.41) is 0. The van der Waals surface area contributed by atoms with Gasteiger partial charge in [0.15, 0.2) is 5.78 Å². The number of Topliss-reactive ketones (excluding diaryl/α,β-unsaturated/α-hetero) is 3. The predicted octanol–water partition coefficient (Wildman–Crippen LogP) is 0.530. The average molecular weight is 186 g/mol. The van der Waals surface area contributed by atoms with Crippen LogP contribution in [0.15, 0.2) is 0 Å². The Hall–Kier alpha value is -1.03. The molecule has 4 nitrogen and oxygen atoms in total. The van der Waals surface area contributed by atoms with Crippen molar-refractivity contribution >= 4 is 17.3 Å². The molecule has 0 aromatic rings. The molecule has 0 spiro atoms. The van der Waals surface area contributed by atoms with E-state index in [4.69, 9.17) is 0 Å². The lowest BCUT2D eigenvalue weighted by atomic mass is 10.1. The van der Waals surface area contributed by atoms with Crippen molar-refractivity contribution in [3.8, 4) is 0 Å². The molecule has 0 saturated heterocycles. The highest BCUT2D eigenvalue weighted by Gasteiger charge is 2.08. The second-order valence-electron chi connectivity index (χ2n) is 2.89. The zero-order valence-electron chi connectivity index (χ0n) is 7.96. The Morgan fingerprint density at radius 3 is 2.08 bits per heavy atom. The van der Waals surface area contributed by atoms with Crippen LogP contribution in [-0.4, -0.2) is 31.1 Å². The van der Waals surface area contributed by atoms with Crippen LogP contribution in [0.5, 0.6) is 0 Å². The average Bonchev–Trinajstić information content (AvgIpc) is 2.00. The molecule has 0 amide bonds. The third kappa shape index (κ3) is 7.33. The molecule has 4 heteroatoms. The number of ketones is 3. The highest BCUT2D eigenvalue weighted by molar-refractivity contribution is 5.99. The minimum atomic E-state index is -0.183. The molecular weight excluding hydrogens is 172 g/mol. The van der Waals surface area contributed by atoms with Crippen LogP contribution < -0.4 is 0 Å². The third-order valence-corrected chi connectivity index (χ3v) is 1.43. The van der Waals surface area contributed by atoms with E-state index in [0.29, 0.717) is 0 Å². The molecule has 0 fully saturated rings. The van der Waals surface area contributed by atoms with E-state index in [1.54, 1.807) is 0 Å². The first-order valence-electron chi connectivity index (χ1n) is 4.08. The van der Waals surface area contributed by atoms with Crippen molar-refractivity contribution in [3.63, 3.8) is 0 Å². The van der Waals surface area contributed by atoms with Gasteiger partial charge in [-0.2, -0.15) is 0 Å². The fourth-order valence-corrected chi connectivity index (χ4v) is 0.878. The van der Waals surface area contributed by atoms with Gasteiger partial charge < -0.3 is 4.74 Å². The number of carbonyl (C=O) groups excluding carboxylic acids is 3. The van der Waals surface area contributed by atoms with E-state index in [9.17, 15) is 14.4 Å². The largest absolute Gasteiger partial charge is 0.377 e. The van der Waals surface area contributed by atoms with Crippen LogP contribution in [-0.2, 0) is 19.1 Å². The van der Waals surface area contributed by atoms with Crippen molar-refractivity contribution in [3.05, 3.63) is 0 Å². The molecule has 0 heterocycles. The first-order chi connectivity index (χ1) is 6.06. The molecule has 13 heavy (non-hydrogen) atoms. The van der Waals surface area contributed by atoms with Crippen molar-refractivity contribution in [2.75, 3.05) is 13.7 Å². The molecule has 74 valence electrons. The van der Waals surface area contributed by atoms with Crippen molar-refractivity contribution < 1.29 is 19.1 Å². The van der Waals surface area contributed by atoms with Crippen molar-refractivity contribution in [1.82, 2.24) is 0 Å². The fraction of sp³-hybridized carbons (Fsp3) is 0.667. The smallest absolute Gasteiger partial charge is 0.158 e. The summed E-state index contributed by atoms with van der Waals surface area (Å²) in [4.78, 5) is 32.3. The van der Waals surface area contributed by atoms with E-state index >= 15 is 0 Å². The van der Waals surface area contributed by atoms with Crippen LogP contribution in [0.25, 0.3) is 0 Å². The molecule has 0 bridgehead atoms. The number of ether oxygens (including phenoxy) is 1. The molecule has 0 saturated carbocycles. The maximum atomic E-state index is 10.9. The van der Waals surface area contributed by atoms with Crippen molar-refractivity contribution in [1.29, 1.82) is 0 Å². The quantitative estimate of drug-likeness (QED) is 0.544. The van der Waals surface area contributed by atoms with Gasteiger partial charge in [-0.25, -0.2) is 0 Å². The summed E-state index contributed by atoms with van der Waals surface area (Å²) in [7, 11) is 1.43. The summed E-state index contributed by atoms with van der Waals surface area (Å²) < 4.78 is 4.59. The lowest BCUT2D eigenvalue weighted by molar-refractivity contribution is -0.129. The first-order valence-corrected chi connectivity index (χ1v) is 4.08. The molecule has 0 aliphatic heterocycles. The Balaban J connectivity index is 3.58. The molecule has 0 unspecified atom stereocenters. The van der Waals surface area contributed by atoms with Gasteiger partial charge in [-0.15, -0.1) is 0 Å². The lowest BCUT2D eigenvalue weighted by Crippen LogP contribution is -2.11. The molecule has 0 aromatic carbocycles. The number of hydrogen-bond donors (Lipinski definition) is 0. The summed E-state index contributed by atoms with van der Waals surface area (Å²) in [6.07, 6.45) is 0.238. The molecular formula is C9H14O4. The van der Waals surface area contributed by atoms with Crippen LogP contribution in [0.1, 0.15) is 26.2 Å². The topological polar surface area (TPSA) is 60.4 Å². The van der Waals surface area contributed by atoms with Crippen LogP contribution >= 0.6 is 0 Å². The molecule has 0 rings (SSSR count). The van der Waals surface area contributed by atoms with Crippen LogP contribution in [0, 0.1) is 0 Å². The molecule has 0 aliphatic rings. The molecule has 0 N–H and O–H groups in total. The van der Waals surface area contributed by atoms with Gasteiger partial charge in [0.25, 0.3) is 0 Å². The lowest BCUT2D eigenvalue weighted by Gasteiger charge is -1.98. The SMILES string of the molecule is COCC(=O)CCC(=O)CC(C)=O. The first kappa shape index (κ1) is 12.0. The monoisotopic (exact) mass is 186 g/mol. The van der Waals surface area contributed by atoms with Crippen LogP contribution in [0.4, 0.5) is 0 Å². The van der Waals surface area contributed by atoms with E-state index in [1.807, 2.05) is 0 Å². The molecule has 0 atom stereocenters. The Morgan fingerprint density at radius 1 is 1.08 bits per heavy atom. The van der Waals surface area contributed by atoms with Crippen LogP contribution in [0.3, 0.4) is 0 Å². The summed E-state index contributed by atoms with van der Waals surface area (Å²) >= 11 is 0. The number of carbonyl (C=O) groups is 3. The van der Waals surface area contributed by atoms with Crippen molar-refractivity contribution in [2.24, 2.45) is 0 Å². The Labute approximate surface area is 77.3 Å². The van der Waals surface area contributed by atoms with E-state index < -0.39 is 0 Å². The Kier molecular flexibility index (Phi) is 5.97. The standard InChI is InChI=1S/C9H14O4/c1-7(10)5-8(11)3-4-9(12)6-13-2/h3-6H2,1-2H3. The minimum Gasteiger partial charge on any atom is -0.377 e. The Morgan fingerprint density at radius 2 is 1.62 bits per heavy atom. The maximum Gasteiger partial charge on any atom is 0.158 e. The summed E-state index contributed by atoms with van der Waals surface area (Å²) in [6, 6.07) is 0. The number of rotatable bonds is 7.